The zero-order chi connectivity index (χ0) is 35.2. The Hall–Kier alpha value is -4.51. The lowest BCUT2D eigenvalue weighted by atomic mass is 9.98. The summed E-state index contributed by atoms with van der Waals surface area (Å²) in [6.45, 7) is 1.32. The van der Waals surface area contributed by atoms with E-state index >= 15 is 0 Å². The van der Waals surface area contributed by atoms with Crippen LogP contribution < -0.4 is 5.32 Å². The second-order valence-corrected chi connectivity index (χ2v) is 11.5. The van der Waals surface area contributed by atoms with E-state index < -0.39 is 35.3 Å². The van der Waals surface area contributed by atoms with Crippen molar-refractivity contribution in [2.45, 2.75) is 12.8 Å². The number of carboxylic acid groups (broad SMARTS) is 3. The highest BCUT2D eigenvalue weighted by Crippen LogP contribution is 2.29. The summed E-state index contributed by atoms with van der Waals surface area (Å²) in [6.07, 6.45) is 0.185. The Balaban J connectivity index is 1.58. The van der Waals surface area contributed by atoms with E-state index in [1.54, 1.807) is 19.6 Å². The number of phenols is 1. The lowest BCUT2D eigenvalue weighted by molar-refractivity contribution is -0.140. The molecule has 1 heterocycles. The first-order valence-corrected chi connectivity index (χ1v) is 15.4. The van der Waals surface area contributed by atoms with E-state index in [2.05, 4.69) is 5.32 Å². The maximum atomic E-state index is 14.3. The average molecular weight is 678 g/mol. The lowest BCUT2D eigenvalue weighted by Gasteiger charge is -2.32. The van der Waals surface area contributed by atoms with E-state index in [0.29, 0.717) is 0 Å². The van der Waals surface area contributed by atoms with E-state index in [1.165, 1.54) is 24.3 Å². The van der Waals surface area contributed by atoms with Gasteiger partial charge in [0.05, 0.1) is 31.7 Å². The Labute approximate surface area is 276 Å². The number of hydrogen-bond acceptors (Lipinski definition) is 10. The number of carbonyl (C=O) groups excluding carboxylic acids is 2. The number of phenolic OH excluding ortho intramolecular Hbond substituents is 1. The number of halogens is 2. The number of nitrogens with zero attached hydrogens (tertiary/aromatic N) is 4. The number of carbonyl (C=O) groups is 5. The molecule has 0 unspecified atom stereocenters. The van der Waals surface area contributed by atoms with Crippen LogP contribution in [0.25, 0.3) is 11.1 Å². The van der Waals surface area contributed by atoms with Gasteiger partial charge in [0.1, 0.15) is 17.4 Å². The number of amides is 1. The van der Waals surface area contributed by atoms with E-state index in [0.717, 1.165) is 12.1 Å². The van der Waals surface area contributed by atoms with Crippen molar-refractivity contribution in [3.05, 3.63) is 53.6 Å². The molecule has 0 saturated carbocycles. The molecule has 5 N–H and O–H groups in total. The van der Waals surface area contributed by atoms with E-state index in [-0.39, 0.29) is 126 Å². The molecule has 1 fully saturated rings. The van der Waals surface area contributed by atoms with Gasteiger partial charge in [-0.15, -0.1) is 0 Å². The van der Waals surface area contributed by atoms with Gasteiger partial charge >= 0.3 is 17.9 Å². The molecule has 0 bridgehead atoms. The standard InChI is InChI=1S/C32H41F2N5O9/c33-23-4-5-24(26(34)17-23)22-3-6-28(41)25(16-22)27(40)2-1-7-35-29(42)18-36-8-10-37(19-30(43)44)12-14-39(21-32(47)48)15-13-38(11-9-36)20-31(45)46/h3-6,16-17,41H,1-2,7-15,18-21H2,(H,35,42)(H,43,44)(H,45,46)(H,47,48). The molecule has 1 amide bonds. The van der Waals surface area contributed by atoms with Crippen LogP contribution >= 0.6 is 0 Å². The third-order valence-electron chi connectivity index (χ3n) is 7.82. The van der Waals surface area contributed by atoms with Gasteiger partial charge in [-0.2, -0.15) is 0 Å². The quantitative estimate of drug-likeness (QED) is 0.140. The molecule has 16 heteroatoms. The van der Waals surface area contributed by atoms with E-state index in [1.807, 2.05) is 0 Å². The summed E-state index contributed by atoms with van der Waals surface area (Å²) in [5.41, 5.74) is 0.316. The Kier molecular flexibility index (Phi) is 14.8. The minimum absolute atomic E-state index is 0.0372. The zero-order valence-corrected chi connectivity index (χ0v) is 26.4. The van der Waals surface area contributed by atoms with Crippen LogP contribution in [0.5, 0.6) is 5.75 Å². The second-order valence-electron chi connectivity index (χ2n) is 11.5. The highest BCUT2D eigenvalue weighted by Gasteiger charge is 2.21. The number of aliphatic carboxylic acids is 3. The summed E-state index contributed by atoms with van der Waals surface area (Å²) in [5.74, 6) is -5.82. The van der Waals surface area contributed by atoms with Crippen LogP contribution in [0.1, 0.15) is 23.2 Å². The lowest BCUT2D eigenvalue weighted by Crippen LogP contribution is -2.49. The Morgan fingerprint density at radius 3 is 1.60 bits per heavy atom. The van der Waals surface area contributed by atoms with Gasteiger partial charge in [0.15, 0.2) is 5.78 Å². The highest BCUT2D eigenvalue weighted by molar-refractivity contribution is 5.99. The van der Waals surface area contributed by atoms with Crippen LogP contribution in [0, 0.1) is 11.6 Å². The summed E-state index contributed by atoms with van der Waals surface area (Å²) in [5, 5.41) is 41.0. The fourth-order valence-electron chi connectivity index (χ4n) is 5.31. The predicted octanol–water partition coefficient (Wildman–Crippen LogP) is 0.892. The maximum absolute atomic E-state index is 14.3. The first-order valence-electron chi connectivity index (χ1n) is 15.4. The highest BCUT2D eigenvalue weighted by atomic mass is 19.1. The molecule has 48 heavy (non-hydrogen) atoms. The number of nitrogens with one attached hydrogen (secondary N) is 1. The van der Waals surface area contributed by atoms with Crippen molar-refractivity contribution < 1.29 is 53.2 Å². The molecule has 2 aromatic carbocycles. The molecule has 1 saturated heterocycles. The topological polar surface area (TPSA) is 191 Å². The van der Waals surface area contributed by atoms with Crippen molar-refractivity contribution >= 4 is 29.6 Å². The third kappa shape index (κ3) is 12.9. The van der Waals surface area contributed by atoms with Crippen LogP contribution in [0.4, 0.5) is 8.78 Å². The Morgan fingerprint density at radius 1 is 0.667 bits per heavy atom. The summed E-state index contributed by atoms with van der Waals surface area (Å²) >= 11 is 0. The Bertz CT molecular complexity index is 1430. The average Bonchev–Trinajstić information content (AvgIpc) is 3.00. The number of Topliss-reactive ketones (excluding diaryl/α,β-unsaturated/α-hetero) is 1. The van der Waals surface area contributed by atoms with Gasteiger partial charge in [0.2, 0.25) is 5.91 Å². The van der Waals surface area contributed by atoms with Crippen molar-refractivity contribution in [3.63, 3.8) is 0 Å². The molecule has 1 aliphatic heterocycles. The minimum atomic E-state index is -1.05. The van der Waals surface area contributed by atoms with Crippen LogP contribution in [-0.2, 0) is 19.2 Å². The summed E-state index contributed by atoms with van der Waals surface area (Å²) in [4.78, 5) is 66.7. The van der Waals surface area contributed by atoms with Crippen LogP contribution in [0.2, 0.25) is 0 Å². The minimum Gasteiger partial charge on any atom is -0.507 e. The fraction of sp³-hybridized carbons (Fsp3) is 0.469. The molecule has 14 nitrogen and oxygen atoms in total. The predicted molar refractivity (Wildman–Crippen MR) is 169 cm³/mol. The monoisotopic (exact) mass is 677 g/mol. The molecule has 0 aliphatic carbocycles. The molecule has 3 rings (SSSR count). The van der Waals surface area contributed by atoms with Crippen LogP contribution in [0.15, 0.2) is 36.4 Å². The molecular formula is C32H41F2N5O9. The first kappa shape index (κ1) is 37.9. The van der Waals surface area contributed by atoms with Crippen LogP contribution in [-0.4, -0.2) is 155 Å². The second kappa shape index (κ2) is 18.7. The molecule has 0 spiro atoms. The maximum Gasteiger partial charge on any atom is 0.317 e. The number of hydrogen-bond donors (Lipinski definition) is 5. The molecule has 2 aromatic rings. The van der Waals surface area contributed by atoms with E-state index in [9.17, 15) is 53.2 Å². The van der Waals surface area contributed by atoms with Gasteiger partial charge in [-0.05, 0) is 36.2 Å². The fourth-order valence-corrected chi connectivity index (χ4v) is 5.31. The van der Waals surface area contributed by atoms with Gasteiger partial charge in [-0.3, -0.25) is 43.6 Å². The van der Waals surface area contributed by atoms with Crippen LogP contribution in [0.3, 0.4) is 0 Å². The van der Waals surface area contributed by atoms with Crippen molar-refractivity contribution in [3.8, 4) is 16.9 Å². The van der Waals surface area contributed by atoms with Gasteiger partial charge in [-0.1, -0.05) is 6.07 Å². The molecule has 0 aromatic heterocycles. The number of carboxylic acids is 3. The smallest absolute Gasteiger partial charge is 0.317 e. The van der Waals surface area contributed by atoms with Gasteiger partial charge < -0.3 is 25.7 Å². The largest absolute Gasteiger partial charge is 0.507 e. The number of aromatic hydroxyl groups is 1. The van der Waals surface area contributed by atoms with Gasteiger partial charge in [0, 0.05) is 77.0 Å². The summed E-state index contributed by atoms with van der Waals surface area (Å²) in [6, 6.07) is 7.05. The first-order chi connectivity index (χ1) is 22.8. The molecule has 1 aliphatic rings. The van der Waals surface area contributed by atoms with Crippen molar-refractivity contribution in [1.82, 2.24) is 24.9 Å². The van der Waals surface area contributed by atoms with E-state index in [4.69, 9.17) is 0 Å². The summed E-state index contributed by atoms with van der Waals surface area (Å²) < 4.78 is 27.6. The molecule has 0 radical (unpaired) electrons. The van der Waals surface area contributed by atoms with Crippen molar-refractivity contribution in [1.29, 1.82) is 0 Å². The third-order valence-corrected chi connectivity index (χ3v) is 7.82. The van der Waals surface area contributed by atoms with Crippen molar-refractivity contribution in [2.24, 2.45) is 0 Å². The number of rotatable bonds is 14. The SMILES string of the molecule is O=C(O)CN1CCN(CC(=O)O)CCN(CC(=O)NCCCC(=O)c2cc(-c3ccc(F)cc3F)ccc2O)CCN(CC(=O)O)CC1. The summed E-state index contributed by atoms with van der Waals surface area (Å²) in [7, 11) is 0. The van der Waals surface area contributed by atoms with Gasteiger partial charge in [0.25, 0.3) is 0 Å². The zero-order valence-electron chi connectivity index (χ0n) is 26.4. The number of benzene rings is 2. The van der Waals surface area contributed by atoms with Crippen molar-refractivity contribution in [2.75, 3.05) is 85.1 Å². The normalized spacial score (nSPS) is 16.0. The molecule has 0 atom stereocenters. The molecular weight excluding hydrogens is 636 g/mol. The molecule has 262 valence electrons. The Morgan fingerprint density at radius 2 is 1.15 bits per heavy atom. The van der Waals surface area contributed by atoms with Gasteiger partial charge in [-0.25, -0.2) is 8.78 Å². The number of ketones is 1.